The first-order valence-corrected chi connectivity index (χ1v) is 7.61. The predicted octanol–water partition coefficient (Wildman–Crippen LogP) is 1.41. The Labute approximate surface area is 134 Å². The molecule has 23 heavy (non-hydrogen) atoms. The van der Waals surface area contributed by atoms with Gasteiger partial charge in [-0.05, 0) is 25.1 Å². The number of hydrogen-bond donors (Lipinski definition) is 2. The van der Waals surface area contributed by atoms with Gasteiger partial charge in [0.25, 0.3) is 0 Å². The molecular weight excluding hydrogens is 296 g/mol. The van der Waals surface area contributed by atoms with Gasteiger partial charge in [-0.3, -0.25) is 4.68 Å². The quantitative estimate of drug-likeness (QED) is 0.874. The molecule has 0 saturated heterocycles. The molecule has 0 aliphatic carbocycles. The number of carbonyl (C=O) groups excluding carboxylic acids is 1. The zero-order chi connectivity index (χ0) is 16.1. The van der Waals surface area contributed by atoms with E-state index < -0.39 is 0 Å². The second-order valence-corrected chi connectivity index (χ2v) is 5.48. The number of amides is 2. The number of urea groups is 1. The van der Waals surface area contributed by atoms with Crippen molar-refractivity contribution in [1.82, 2.24) is 20.4 Å². The lowest BCUT2D eigenvalue weighted by Gasteiger charge is -2.26. The van der Waals surface area contributed by atoms with E-state index in [1.807, 2.05) is 43.5 Å². The summed E-state index contributed by atoms with van der Waals surface area (Å²) >= 11 is 0. The standard InChI is InChI=1S/C16H20N4O3/c1-12(10-20-8-4-7-18-20)19-16(21)17-9-13-11-22-14-5-2-3-6-15(14)23-13/h2-8,12-13H,9-11H2,1H3,(H2,17,19,21)/t12-,13+/m1/s1. The normalized spacial score (nSPS) is 17.3. The summed E-state index contributed by atoms with van der Waals surface area (Å²) in [4.78, 5) is 11.9. The number of benzene rings is 1. The van der Waals surface area contributed by atoms with E-state index in [2.05, 4.69) is 15.7 Å². The molecule has 2 aromatic rings. The van der Waals surface area contributed by atoms with Crippen LogP contribution >= 0.6 is 0 Å². The van der Waals surface area contributed by atoms with Crippen molar-refractivity contribution >= 4 is 6.03 Å². The number of nitrogens with one attached hydrogen (secondary N) is 2. The smallest absolute Gasteiger partial charge is 0.315 e. The minimum atomic E-state index is -0.230. The molecule has 7 nitrogen and oxygen atoms in total. The molecule has 0 saturated carbocycles. The Bertz CT molecular complexity index is 645. The fourth-order valence-corrected chi connectivity index (χ4v) is 2.38. The number of rotatable bonds is 5. The summed E-state index contributed by atoms with van der Waals surface area (Å²) in [5, 5.41) is 9.79. The fourth-order valence-electron chi connectivity index (χ4n) is 2.38. The van der Waals surface area contributed by atoms with Crippen LogP contribution in [-0.4, -0.2) is 41.1 Å². The minimum Gasteiger partial charge on any atom is -0.486 e. The summed E-state index contributed by atoms with van der Waals surface area (Å²) in [6, 6.07) is 9.10. The molecule has 0 unspecified atom stereocenters. The van der Waals surface area contributed by atoms with E-state index in [4.69, 9.17) is 9.47 Å². The highest BCUT2D eigenvalue weighted by atomic mass is 16.6. The zero-order valence-electron chi connectivity index (χ0n) is 12.9. The van der Waals surface area contributed by atoms with Gasteiger partial charge in [-0.2, -0.15) is 5.10 Å². The largest absolute Gasteiger partial charge is 0.486 e. The number of fused-ring (bicyclic) bond motifs is 1. The van der Waals surface area contributed by atoms with E-state index >= 15 is 0 Å². The van der Waals surface area contributed by atoms with Crippen LogP contribution in [0.1, 0.15) is 6.92 Å². The van der Waals surface area contributed by atoms with Gasteiger partial charge >= 0.3 is 6.03 Å². The van der Waals surface area contributed by atoms with Gasteiger partial charge in [0.15, 0.2) is 17.6 Å². The summed E-state index contributed by atoms with van der Waals surface area (Å²) in [7, 11) is 0. The SMILES string of the molecule is C[C@H](Cn1cccn1)NC(=O)NC[C@H]1COc2ccccc2O1. The summed E-state index contributed by atoms with van der Waals surface area (Å²) < 4.78 is 13.2. The Balaban J connectivity index is 1.41. The predicted molar refractivity (Wildman–Crippen MR) is 84.6 cm³/mol. The lowest BCUT2D eigenvalue weighted by molar-refractivity contribution is 0.0917. The fraction of sp³-hybridized carbons (Fsp3) is 0.375. The van der Waals surface area contributed by atoms with Crippen LogP contribution in [0.3, 0.4) is 0 Å². The lowest BCUT2D eigenvalue weighted by atomic mass is 10.2. The number of ether oxygens (including phenoxy) is 2. The average molecular weight is 316 g/mol. The number of hydrogen-bond acceptors (Lipinski definition) is 4. The maximum absolute atomic E-state index is 11.9. The molecule has 7 heteroatoms. The Morgan fingerprint density at radius 1 is 1.39 bits per heavy atom. The monoisotopic (exact) mass is 316 g/mol. The van der Waals surface area contributed by atoms with Crippen LogP contribution in [-0.2, 0) is 6.54 Å². The third-order valence-corrected chi connectivity index (χ3v) is 3.46. The third-order valence-electron chi connectivity index (χ3n) is 3.46. The maximum atomic E-state index is 11.9. The highest BCUT2D eigenvalue weighted by Gasteiger charge is 2.21. The number of carbonyl (C=O) groups is 1. The molecule has 2 heterocycles. The van der Waals surface area contributed by atoms with Crippen LogP contribution in [0.25, 0.3) is 0 Å². The number of para-hydroxylation sites is 2. The molecular formula is C16H20N4O3. The van der Waals surface area contributed by atoms with Crippen LogP contribution < -0.4 is 20.1 Å². The minimum absolute atomic E-state index is 0.0286. The van der Waals surface area contributed by atoms with Crippen molar-refractivity contribution in [3.63, 3.8) is 0 Å². The van der Waals surface area contributed by atoms with Crippen LogP contribution in [0.4, 0.5) is 4.79 Å². The summed E-state index contributed by atoms with van der Waals surface area (Å²) in [5.74, 6) is 1.44. The third kappa shape index (κ3) is 4.15. The Morgan fingerprint density at radius 2 is 2.22 bits per heavy atom. The average Bonchev–Trinajstić information content (AvgIpc) is 3.05. The van der Waals surface area contributed by atoms with E-state index in [0.29, 0.717) is 25.4 Å². The van der Waals surface area contributed by atoms with Crippen LogP contribution in [0.2, 0.25) is 0 Å². The van der Waals surface area contributed by atoms with Crippen LogP contribution in [0.15, 0.2) is 42.7 Å². The second-order valence-electron chi connectivity index (χ2n) is 5.48. The van der Waals surface area contributed by atoms with E-state index in [0.717, 1.165) is 5.75 Å². The lowest BCUT2D eigenvalue weighted by Crippen LogP contribution is -2.47. The first kappa shape index (κ1) is 15.2. The van der Waals surface area contributed by atoms with Gasteiger partial charge in [-0.25, -0.2) is 4.79 Å². The molecule has 1 aromatic heterocycles. The van der Waals surface area contributed by atoms with Crippen molar-refractivity contribution in [3.05, 3.63) is 42.7 Å². The van der Waals surface area contributed by atoms with Gasteiger partial charge in [0.05, 0.1) is 13.1 Å². The van der Waals surface area contributed by atoms with Gasteiger partial charge in [0.1, 0.15) is 6.61 Å². The second kappa shape index (κ2) is 7.04. The Kier molecular flexibility index (Phi) is 4.65. The molecule has 0 spiro atoms. The number of aromatic nitrogens is 2. The molecule has 0 bridgehead atoms. The Hall–Kier alpha value is -2.70. The first-order chi connectivity index (χ1) is 11.2. The van der Waals surface area contributed by atoms with Crippen molar-refractivity contribution < 1.29 is 14.3 Å². The van der Waals surface area contributed by atoms with E-state index in [-0.39, 0.29) is 18.2 Å². The molecule has 3 rings (SSSR count). The van der Waals surface area contributed by atoms with E-state index in [1.54, 1.807) is 10.9 Å². The van der Waals surface area contributed by atoms with E-state index in [1.165, 1.54) is 0 Å². The van der Waals surface area contributed by atoms with Gasteiger partial charge in [-0.15, -0.1) is 0 Å². The highest BCUT2D eigenvalue weighted by molar-refractivity contribution is 5.74. The van der Waals surface area contributed by atoms with Crippen molar-refractivity contribution in [3.8, 4) is 11.5 Å². The maximum Gasteiger partial charge on any atom is 0.315 e. The molecule has 2 atom stereocenters. The molecule has 0 fully saturated rings. The molecule has 2 amide bonds. The van der Waals surface area contributed by atoms with Gasteiger partial charge < -0.3 is 20.1 Å². The summed E-state index contributed by atoms with van der Waals surface area (Å²) in [6.45, 7) is 3.35. The van der Waals surface area contributed by atoms with E-state index in [9.17, 15) is 4.79 Å². The highest BCUT2D eigenvalue weighted by Crippen LogP contribution is 2.30. The van der Waals surface area contributed by atoms with Crippen LogP contribution in [0, 0.1) is 0 Å². The molecule has 1 aliphatic heterocycles. The van der Waals surface area contributed by atoms with Crippen molar-refractivity contribution in [2.24, 2.45) is 0 Å². The summed E-state index contributed by atoms with van der Waals surface area (Å²) in [6.07, 6.45) is 3.38. The topological polar surface area (TPSA) is 77.4 Å². The zero-order valence-corrected chi connectivity index (χ0v) is 12.9. The molecule has 0 radical (unpaired) electrons. The molecule has 122 valence electrons. The molecule has 2 N–H and O–H groups in total. The van der Waals surface area contributed by atoms with Crippen molar-refractivity contribution in [1.29, 1.82) is 0 Å². The van der Waals surface area contributed by atoms with Gasteiger partial charge in [-0.1, -0.05) is 12.1 Å². The van der Waals surface area contributed by atoms with Crippen molar-refractivity contribution in [2.45, 2.75) is 25.6 Å². The van der Waals surface area contributed by atoms with Crippen LogP contribution in [0.5, 0.6) is 11.5 Å². The Morgan fingerprint density at radius 3 is 3.00 bits per heavy atom. The van der Waals surface area contributed by atoms with Gasteiger partial charge in [0.2, 0.25) is 0 Å². The first-order valence-electron chi connectivity index (χ1n) is 7.61. The molecule has 1 aliphatic rings. The summed E-state index contributed by atoms with van der Waals surface area (Å²) in [5.41, 5.74) is 0. The van der Waals surface area contributed by atoms with Gasteiger partial charge in [0, 0.05) is 18.4 Å². The van der Waals surface area contributed by atoms with Crippen molar-refractivity contribution in [2.75, 3.05) is 13.2 Å². The molecule has 1 aromatic carbocycles. The number of nitrogens with zero attached hydrogens (tertiary/aromatic N) is 2.